The molecule has 0 aliphatic rings. The first-order chi connectivity index (χ1) is 9.95. The molecule has 0 saturated heterocycles. The van der Waals surface area contributed by atoms with Crippen molar-refractivity contribution < 1.29 is 24.0 Å². The zero-order valence-corrected chi connectivity index (χ0v) is 11.5. The number of nitro benzene ring substituents is 1. The Labute approximate surface area is 121 Å². The van der Waals surface area contributed by atoms with Gasteiger partial charge in [-0.3, -0.25) is 10.1 Å². The van der Waals surface area contributed by atoms with Crippen molar-refractivity contribution in [3.05, 3.63) is 52.6 Å². The van der Waals surface area contributed by atoms with Crippen LogP contribution in [-0.4, -0.2) is 29.6 Å². The van der Waals surface area contributed by atoms with Crippen LogP contribution >= 0.6 is 0 Å². The second-order valence-electron chi connectivity index (χ2n) is 4.10. The summed E-state index contributed by atoms with van der Waals surface area (Å²) in [6.07, 6.45) is 1.05. The lowest BCUT2D eigenvalue weighted by atomic mass is 10.2. The Balaban J connectivity index is 2.57. The van der Waals surface area contributed by atoms with Crippen LogP contribution in [0.15, 0.2) is 36.9 Å². The molecule has 21 heavy (non-hydrogen) atoms. The maximum Gasteiger partial charge on any atom is 0.347 e. The molecule has 0 saturated carbocycles. The summed E-state index contributed by atoms with van der Waals surface area (Å²) in [7, 11) is 0. The first kappa shape index (κ1) is 16.4. The molecule has 0 amide bonds. The Hall–Kier alpha value is -2.70. The van der Waals surface area contributed by atoms with Gasteiger partial charge in [0.15, 0.2) is 6.10 Å². The summed E-state index contributed by atoms with van der Waals surface area (Å²) in [5.74, 6) is -1.41. The monoisotopic (exact) mass is 293 g/mol. The van der Waals surface area contributed by atoms with E-state index in [0.29, 0.717) is 6.42 Å². The maximum atomic E-state index is 11.8. The van der Waals surface area contributed by atoms with Crippen LogP contribution in [0.1, 0.15) is 23.7 Å². The average Bonchev–Trinajstić information content (AvgIpc) is 2.47. The molecular formula is C14H15NO6. The van der Waals surface area contributed by atoms with E-state index in [1.807, 2.05) is 0 Å². The highest BCUT2D eigenvalue weighted by molar-refractivity contribution is 5.91. The van der Waals surface area contributed by atoms with Crippen LogP contribution in [0.3, 0.4) is 0 Å². The number of ether oxygens (including phenoxy) is 2. The molecule has 0 radical (unpaired) electrons. The lowest BCUT2D eigenvalue weighted by Gasteiger charge is -2.12. The number of rotatable bonds is 7. The van der Waals surface area contributed by atoms with Crippen LogP contribution < -0.4 is 0 Å². The normalized spacial score (nSPS) is 11.3. The minimum absolute atomic E-state index is 0.117. The third-order valence-electron chi connectivity index (χ3n) is 2.50. The number of hydrogen-bond donors (Lipinski definition) is 0. The second kappa shape index (κ2) is 7.78. The van der Waals surface area contributed by atoms with Gasteiger partial charge in [-0.15, -0.1) is 6.58 Å². The van der Waals surface area contributed by atoms with E-state index in [1.165, 1.54) is 31.2 Å². The van der Waals surface area contributed by atoms with Gasteiger partial charge in [-0.25, -0.2) is 9.59 Å². The smallest absolute Gasteiger partial charge is 0.347 e. The Morgan fingerprint density at radius 2 is 2.00 bits per heavy atom. The third-order valence-corrected chi connectivity index (χ3v) is 2.50. The van der Waals surface area contributed by atoms with Crippen LogP contribution in [0.25, 0.3) is 0 Å². The van der Waals surface area contributed by atoms with Crippen molar-refractivity contribution in [2.75, 3.05) is 6.61 Å². The van der Waals surface area contributed by atoms with Crippen molar-refractivity contribution in [3.63, 3.8) is 0 Å². The minimum Gasteiger partial charge on any atom is -0.463 e. The van der Waals surface area contributed by atoms with Gasteiger partial charge in [0.05, 0.1) is 17.1 Å². The van der Waals surface area contributed by atoms with Crippen molar-refractivity contribution in [1.29, 1.82) is 0 Å². The van der Waals surface area contributed by atoms with Gasteiger partial charge >= 0.3 is 11.9 Å². The Morgan fingerprint density at radius 1 is 1.38 bits per heavy atom. The topological polar surface area (TPSA) is 95.7 Å². The molecule has 1 atom stereocenters. The number of nitrogens with zero attached hydrogens (tertiary/aromatic N) is 1. The Bertz CT molecular complexity index is 537. The second-order valence-corrected chi connectivity index (χ2v) is 4.10. The number of carbonyl (C=O) groups is 2. The van der Waals surface area contributed by atoms with E-state index in [-0.39, 0.29) is 17.9 Å². The SMILES string of the molecule is C=CCCOC(=O)[C@H](C)OC(=O)c1ccc([N+](=O)[O-])cc1. The molecule has 7 heteroatoms. The molecule has 0 unspecified atom stereocenters. The largest absolute Gasteiger partial charge is 0.463 e. The van der Waals surface area contributed by atoms with Crippen LogP contribution in [0.4, 0.5) is 5.69 Å². The molecule has 1 rings (SSSR count). The lowest BCUT2D eigenvalue weighted by molar-refractivity contribution is -0.384. The first-order valence-corrected chi connectivity index (χ1v) is 6.18. The van der Waals surface area contributed by atoms with Crippen LogP contribution in [0.2, 0.25) is 0 Å². The zero-order chi connectivity index (χ0) is 15.8. The fourth-order valence-electron chi connectivity index (χ4n) is 1.36. The quantitative estimate of drug-likeness (QED) is 0.251. The summed E-state index contributed by atoms with van der Waals surface area (Å²) in [5.41, 5.74) is -0.0187. The van der Waals surface area contributed by atoms with Crippen molar-refractivity contribution in [1.82, 2.24) is 0 Å². The maximum absolute atomic E-state index is 11.8. The number of carbonyl (C=O) groups excluding carboxylic acids is 2. The Kier molecular flexibility index (Phi) is 6.06. The van der Waals surface area contributed by atoms with Gasteiger partial charge in [0.2, 0.25) is 0 Å². The number of hydrogen-bond acceptors (Lipinski definition) is 6. The summed E-state index contributed by atoms with van der Waals surface area (Å²) in [6.45, 7) is 5.04. The van der Waals surface area contributed by atoms with Crippen molar-refractivity contribution in [3.8, 4) is 0 Å². The third kappa shape index (κ3) is 5.06. The fourth-order valence-corrected chi connectivity index (χ4v) is 1.36. The van der Waals surface area contributed by atoms with E-state index in [0.717, 1.165) is 0 Å². The molecule has 1 aromatic rings. The molecule has 0 bridgehead atoms. The highest BCUT2D eigenvalue weighted by Gasteiger charge is 2.20. The van der Waals surface area contributed by atoms with Crippen molar-refractivity contribution >= 4 is 17.6 Å². The van der Waals surface area contributed by atoms with E-state index in [4.69, 9.17) is 9.47 Å². The van der Waals surface area contributed by atoms with Gasteiger partial charge < -0.3 is 9.47 Å². The zero-order valence-electron chi connectivity index (χ0n) is 11.5. The van der Waals surface area contributed by atoms with Crippen molar-refractivity contribution in [2.24, 2.45) is 0 Å². The van der Waals surface area contributed by atoms with Gasteiger partial charge in [0, 0.05) is 12.1 Å². The molecular weight excluding hydrogens is 278 g/mol. The van der Waals surface area contributed by atoms with Crippen LogP contribution in [-0.2, 0) is 14.3 Å². The minimum atomic E-state index is -1.06. The summed E-state index contributed by atoms with van der Waals surface area (Å²) < 4.78 is 9.77. The van der Waals surface area contributed by atoms with Gasteiger partial charge in [-0.05, 0) is 25.5 Å². The molecule has 0 aliphatic heterocycles. The summed E-state index contributed by atoms with van der Waals surface area (Å²) in [4.78, 5) is 33.2. The van der Waals surface area contributed by atoms with Gasteiger partial charge in [0.1, 0.15) is 0 Å². The van der Waals surface area contributed by atoms with E-state index in [9.17, 15) is 19.7 Å². The van der Waals surface area contributed by atoms with E-state index < -0.39 is 23.0 Å². The first-order valence-electron chi connectivity index (χ1n) is 6.18. The summed E-state index contributed by atoms with van der Waals surface area (Å²) in [6, 6.07) is 4.89. The summed E-state index contributed by atoms with van der Waals surface area (Å²) in [5, 5.41) is 10.5. The molecule has 0 aromatic heterocycles. The molecule has 0 fully saturated rings. The number of esters is 2. The number of non-ortho nitro benzene ring substituents is 1. The van der Waals surface area contributed by atoms with Crippen LogP contribution in [0, 0.1) is 10.1 Å². The predicted octanol–water partition coefficient (Wildman–Crippen LogP) is 2.26. The van der Waals surface area contributed by atoms with Crippen molar-refractivity contribution in [2.45, 2.75) is 19.4 Å². The van der Waals surface area contributed by atoms with E-state index >= 15 is 0 Å². The van der Waals surface area contributed by atoms with Gasteiger partial charge in [0.25, 0.3) is 5.69 Å². The standard InChI is InChI=1S/C14H15NO6/c1-3-4-9-20-13(16)10(2)21-14(17)11-5-7-12(8-6-11)15(18)19/h3,5-8,10H,1,4,9H2,2H3/t10-/m0/s1. The molecule has 0 N–H and O–H groups in total. The highest BCUT2D eigenvalue weighted by Crippen LogP contribution is 2.13. The van der Waals surface area contributed by atoms with E-state index in [2.05, 4.69) is 6.58 Å². The van der Waals surface area contributed by atoms with Crippen LogP contribution in [0.5, 0.6) is 0 Å². The fraction of sp³-hybridized carbons (Fsp3) is 0.286. The molecule has 7 nitrogen and oxygen atoms in total. The molecule has 0 aliphatic carbocycles. The highest BCUT2D eigenvalue weighted by atomic mass is 16.6. The molecule has 0 heterocycles. The van der Waals surface area contributed by atoms with E-state index in [1.54, 1.807) is 6.08 Å². The lowest BCUT2D eigenvalue weighted by Crippen LogP contribution is -2.26. The average molecular weight is 293 g/mol. The molecule has 112 valence electrons. The van der Waals surface area contributed by atoms with Gasteiger partial charge in [-0.1, -0.05) is 6.08 Å². The molecule has 0 spiro atoms. The number of nitro groups is 1. The number of benzene rings is 1. The molecule has 1 aromatic carbocycles. The summed E-state index contributed by atoms with van der Waals surface area (Å²) >= 11 is 0. The predicted molar refractivity (Wildman–Crippen MR) is 73.7 cm³/mol. The Morgan fingerprint density at radius 3 is 2.52 bits per heavy atom. The van der Waals surface area contributed by atoms with Gasteiger partial charge in [-0.2, -0.15) is 0 Å².